The Balaban J connectivity index is 1.70. The number of hydrogen-bond donors (Lipinski definition) is 1. The fourth-order valence-corrected chi connectivity index (χ4v) is 2.42. The van der Waals surface area contributed by atoms with Crippen molar-refractivity contribution in [3.05, 3.63) is 29.6 Å². The number of alkyl carbamates (subject to hydrolysis) is 1. The number of carbonyl (C=O) groups is 1. The van der Waals surface area contributed by atoms with Crippen LogP contribution in [0, 0.1) is 17.2 Å². The summed E-state index contributed by atoms with van der Waals surface area (Å²) in [4.78, 5) is 15.5. The minimum atomic E-state index is -0.397. The summed E-state index contributed by atoms with van der Waals surface area (Å²) in [6, 6.07) is 5.39. The van der Waals surface area contributed by atoms with E-state index in [0.717, 1.165) is 18.4 Å². The highest BCUT2D eigenvalue weighted by atomic mass is 16.5. The molecule has 20 heavy (non-hydrogen) atoms. The van der Waals surface area contributed by atoms with E-state index in [-0.39, 0.29) is 0 Å². The lowest BCUT2D eigenvalue weighted by atomic mass is 9.90. The van der Waals surface area contributed by atoms with Crippen molar-refractivity contribution < 1.29 is 9.53 Å². The van der Waals surface area contributed by atoms with Crippen molar-refractivity contribution in [1.82, 2.24) is 10.3 Å². The zero-order valence-electron chi connectivity index (χ0n) is 11.5. The summed E-state index contributed by atoms with van der Waals surface area (Å²) >= 11 is 0. The molecule has 1 N–H and O–H groups in total. The first kappa shape index (κ1) is 14.3. The van der Waals surface area contributed by atoms with Crippen molar-refractivity contribution in [2.24, 2.45) is 5.92 Å². The van der Waals surface area contributed by atoms with E-state index >= 15 is 0 Å². The van der Waals surface area contributed by atoms with Crippen molar-refractivity contribution in [2.75, 3.05) is 6.61 Å². The van der Waals surface area contributed by atoms with Crippen LogP contribution in [-0.2, 0) is 11.3 Å². The minimum Gasteiger partial charge on any atom is -0.449 e. The predicted molar refractivity (Wildman–Crippen MR) is 73.7 cm³/mol. The van der Waals surface area contributed by atoms with Gasteiger partial charge in [-0.25, -0.2) is 9.78 Å². The molecule has 0 atom stereocenters. The van der Waals surface area contributed by atoms with Crippen LogP contribution >= 0.6 is 0 Å². The van der Waals surface area contributed by atoms with E-state index in [4.69, 9.17) is 10.00 Å². The third kappa shape index (κ3) is 4.54. The maximum atomic E-state index is 11.6. The minimum absolute atomic E-state index is 0.347. The molecule has 106 valence electrons. The van der Waals surface area contributed by atoms with Crippen LogP contribution in [0.1, 0.15) is 43.4 Å². The molecule has 0 radical (unpaired) electrons. The number of amides is 1. The predicted octanol–water partition coefficient (Wildman–Crippen LogP) is 2.76. The van der Waals surface area contributed by atoms with E-state index < -0.39 is 6.09 Å². The van der Waals surface area contributed by atoms with E-state index in [0.29, 0.717) is 24.8 Å². The van der Waals surface area contributed by atoms with Gasteiger partial charge in [-0.2, -0.15) is 5.26 Å². The maximum Gasteiger partial charge on any atom is 0.407 e. The Morgan fingerprint density at radius 2 is 2.25 bits per heavy atom. The standard InChI is InChI=1S/C15H19N3O2/c16-9-14-8-13(6-7-17-14)10-18-15(19)20-11-12-4-2-1-3-5-12/h6-8,12H,1-5,10-11H2,(H,18,19). The van der Waals surface area contributed by atoms with Gasteiger partial charge in [0.15, 0.2) is 0 Å². The van der Waals surface area contributed by atoms with Crippen LogP contribution in [0.5, 0.6) is 0 Å². The quantitative estimate of drug-likeness (QED) is 0.915. The Kier molecular flexibility index (Phi) is 5.36. The van der Waals surface area contributed by atoms with E-state index in [1.165, 1.54) is 19.3 Å². The number of ether oxygens (including phenoxy) is 1. The van der Waals surface area contributed by atoms with Gasteiger partial charge >= 0.3 is 6.09 Å². The summed E-state index contributed by atoms with van der Waals surface area (Å²) in [5.41, 5.74) is 1.19. The van der Waals surface area contributed by atoms with E-state index in [9.17, 15) is 4.79 Å². The van der Waals surface area contributed by atoms with Crippen molar-refractivity contribution in [3.8, 4) is 6.07 Å². The summed E-state index contributed by atoms with van der Waals surface area (Å²) in [6.07, 6.45) is 7.25. The third-order valence-corrected chi connectivity index (χ3v) is 3.55. The van der Waals surface area contributed by atoms with Crippen molar-refractivity contribution >= 4 is 6.09 Å². The van der Waals surface area contributed by atoms with E-state index in [1.807, 2.05) is 6.07 Å². The number of nitriles is 1. The summed E-state index contributed by atoms with van der Waals surface area (Å²) in [5.74, 6) is 0.514. The number of aromatic nitrogens is 1. The molecule has 0 saturated heterocycles. The van der Waals surface area contributed by atoms with Crippen molar-refractivity contribution in [2.45, 2.75) is 38.6 Å². The Morgan fingerprint density at radius 3 is 3.00 bits per heavy atom. The second-order valence-electron chi connectivity index (χ2n) is 5.12. The van der Waals surface area contributed by atoms with Gasteiger partial charge in [-0.15, -0.1) is 0 Å². The first-order valence-corrected chi connectivity index (χ1v) is 7.03. The molecule has 1 heterocycles. The highest BCUT2D eigenvalue weighted by molar-refractivity contribution is 5.67. The normalized spacial score (nSPS) is 15.3. The monoisotopic (exact) mass is 273 g/mol. The number of hydrogen-bond acceptors (Lipinski definition) is 4. The van der Waals surface area contributed by atoms with E-state index in [1.54, 1.807) is 18.3 Å². The van der Waals surface area contributed by atoms with Crippen LogP contribution in [0.4, 0.5) is 4.79 Å². The second-order valence-corrected chi connectivity index (χ2v) is 5.12. The Bertz CT molecular complexity index is 490. The number of nitrogens with zero attached hydrogens (tertiary/aromatic N) is 2. The molecule has 0 aliphatic heterocycles. The zero-order chi connectivity index (χ0) is 14.2. The van der Waals surface area contributed by atoms with Crippen LogP contribution in [0.2, 0.25) is 0 Å². The highest BCUT2D eigenvalue weighted by Gasteiger charge is 2.15. The van der Waals surface area contributed by atoms with Crippen LogP contribution in [0.3, 0.4) is 0 Å². The molecule has 0 unspecified atom stereocenters. The molecule has 1 aromatic rings. The highest BCUT2D eigenvalue weighted by Crippen LogP contribution is 2.23. The SMILES string of the molecule is N#Cc1cc(CNC(=O)OCC2CCCCC2)ccn1. The van der Waals surface area contributed by atoms with Crippen LogP contribution < -0.4 is 5.32 Å². The summed E-state index contributed by atoms with van der Waals surface area (Å²) in [7, 11) is 0. The molecule has 0 aromatic carbocycles. The molecule has 1 aliphatic rings. The second kappa shape index (κ2) is 7.49. The smallest absolute Gasteiger partial charge is 0.407 e. The first-order chi connectivity index (χ1) is 9.78. The molecule has 0 spiro atoms. The van der Waals surface area contributed by atoms with Crippen molar-refractivity contribution in [1.29, 1.82) is 5.26 Å². The Hall–Kier alpha value is -2.09. The number of pyridine rings is 1. The van der Waals surface area contributed by atoms with Gasteiger partial charge in [0.2, 0.25) is 0 Å². The molecule has 1 saturated carbocycles. The largest absolute Gasteiger partial charge is 0.449 e. The maximum absolute atomic E-state index is 11.6. The van der Waals surface area contributed by atoms with Gasteiger partial charge in [0.05, 0.1) is 6.61 Å². The van der Waals surface area contributed by atoms with Gasteiger partial charge in [0.1, 0.15) is 11.8 Å². The number of rotatable bonds is 4. The van der Waals surface area contributed by atoms with Gasteiger partial charge in [0.25, 0.3) is 0 Å². The first-order valence-electron chi connectivity index (χ1n) is 7.03. The van der Waals surface area contributed by atoms with Gasteiger partial charge in [-0.05, 0) is 36.5 Å². The van der Waals surface area contributed by atoms with Gasteiger partial charge in [0, 0.05) is 12.7 Å². The van der Waals surface area contributed by atoms with Gasteiger partial charge in [-0.1, -0.05) is 19.3 Å². The summed E-state index contributed by atoms with van der Waals surface area (Å²) in [6.45, 7) is 0.853. The lowest BCUT2D eigenvalue weighted by Crippen LogP contribution is -2.26. The molecule has 1 aliphatic carbocycles. The molecule has 1 aromatic heterocycles. The molecule has 2 rings (SSSR count). The average molecular weight is 273 g/mol. The summed E-state index contributed by atoms with van der Waals surface area (Å²) < 4.78 is 5.23. The Morgan fingerprint density at radius 1 is 1.45 bits per heavy atom. The molecule has 0 bridgehead atoms. The average Bonchev–Trinajstić information content (AvgIpc) is 2.52. The fraction of sp³-hybridized carbons (Fsp3) is 0.533. The lowest BCUT2D eigenvalue weighted by Gasteiger charge is -2.21. The Labute approximate surface area is 119 Å². The topological polar surface area (TPSA) is 75.0 Å². The third-order valence-electron chi connectivity index (χ3n) is 3.55. The van der Waals surface area contributed by atoms with E-state index in [2.05, 4.69) is 10.3 Å². The molecule has 1 fully saturated rings. The molecule has 1 amide bonds. The van der Waals surface area contributed by atoms with Gasteiger partial charge in [-0.3, -0.25) is 0 Å². The molecule has 5 heteroatoms. The summed E-state index contributed by atoms with van der Waals surface area (Å²) in [5, 5.41) is 11.4. The van der Waals surface area contributed by atoms with Gasteiger partial charge < -0.3 is 10.1 Å². The fourth-order valence-electron chi connectivity index (χ4n) is 2.42. The van der Waals surface area contributed by atoms with Crippen LogP contribution in [0.15, 0.2) is 18.3 Å². The lowest BCUT2D eigenvalue weighted by molar-refractivity contribution is 0.115. The van der Waals surface area contributed by atoms with Crippen LogP contribution in [0.25, 0.3) is 0 Å². The van der Waals surface area contributed by atoms with Crippen molar-refractivity contribution in [3.63, 3.8) is 0 Å². The molecular weight excluding hydrogens is 254 g/mol. The molecular formula is C15H19N3O2. The number of carbonyl (C=O) groups excluding carboxylic acids is 1. The zero-order valence-corrected chi connectivity index (χ0v) is 11.5. The number of nitrogens with one attached hydrogen (secondary N) is 1. The molecule has 5 nitrogen and oxygen atoms in total. The van der Waals surface area contributed by atoms with Crippen LogP contribution in [-0.4, -0.2) is 17.7 Å².